The van der Waals surface area contributed by atoms with Crippen LogP contribution in [0.2, 0.25) is 5.02 Å². The normalized spacial score (nSPS) is 20.9. The van der Waals surface area contributed by atoms with Crippen LogP contribution in [0.1, 0.15) is 36.6 Å². The third kappa shape index (κ3) is 2.56. The molecule has 1 aliphatic rings. The van der Waals surface area contributed by atoms with Gasteiger partial charge in [-0.25, -0.2) is 0 Å². The number of hydrogen-bond donors (Lipinski definition) is 1. The van der Waals surface area contributed by atoms with E-state index in [0.717, 1.165) is 6.07 Å². The van der Waals surface area contributed by atoms with E-state index in [9.17, 15) is 18.0 Å². The first-order valence-electron chi connectivity index (χ1n) is 7.50. The van der Waals surface area contributed by atoms with Gasteiger partial charge in [-0.05, 0) is 30.5 Å². The maximum atomic E-state index is 13.4. The van der Waals surface area contributed by atoms with E-state index >= 15 is 0 Å². The van der Waals surface area contributed by atoms with Gasteiger partial charge in [0.2, 0.25) is 0 Å². The van der Waals surface area contributed by atoms with Crippen LogP contribution in [0.3, 0.4) is 0 Å². The molecule has 2 aromatic rings. The molecule has 0 fully saturated rings. The Kier molecular flexibility index (Phi) is 4.25. The second-order valence-electron chi connectivity index (χ2n) is 5.64. The van der Waals surface area contributed by atoms with Gasteiger partial charge in [-0.1, -0.05) is 18.5 Å². The topological polar surface area (TPSA) is 51.3 Å². The first kappa shape index (κ1) is 17.1. The van der Waals surface area contributed by atoms with Gasteiger partial charge in [-0.15, -0.1) is 0 Å². The van der Waals surface area contributed by atoms with Crippen LogP contribution in [0, 0.1) is 0 Å². The highest BCUT2D eigenvalue weighted by molar-refractivity contribution is 6.35. The molecule has 3 rings (SSSR count). The molecule has 4 nitrogen and oxygen atoms in total. The van der Waals surface area contributed by atoms with E-state index in [0.29, 0.717) is 24.1 Å². The number of aromatic amines is 1. The van der Waals surface area contributed by atoms with Crippen molar-refractivity contribution < 1.29 is 27.4 Å². The molecule has 0 radical (unpaired) electrons. The monoisotopic (exact) mass is 361 g/mol. The van der Waals surface area contributed by atoms with Gasteiger partial charge in [0.15, 0.2) is 0 Å². The number of carbonyl (C=O) groups is 1. The highest BCUT2D eigenvalue weighted by Gasteiger charge is 2.44. The van der Waals surface area contributed by atoms with Gasteiger partial charge in [-0.3, -0.25) is 4.79 Å². The van der Waals surface area contributed by atoms with Crippen molar-refractivity contribution in [3.8, 4) is 0 Å². The summed E-state index contributed by atoms with van der Waals surface area (Å²) in [5, 5.41) is 0.187. The second kappa shape index (κ2) is 5.97. The summed E-state index contributed by atoms with van der Waals surface area (Å²) in [6, 6.07) is 2.17. The van der Waals surface area contributed by atoms with Gasteiger partial charge in [0.1, 0.15) is 0 Å². The van der Waals surface area contributed by atoms with Crippen molar-refractivity contribution in [1.82, 2.24) is 4.98 Å². The number of rotatable bonds is 4. The van der Waals surface area contributed by atoms with Crippen molar-refractivity contribution >= 4 is 29.0 Å². The summed E-state index contributed by atoms with van der Waals surface area (Å²) in [5.74, 6) is -1.41. The predicted molar refractivity (Wildman–Crippen MR) is 81.7 cm³/mol. The Morgan fingerprint density at radius 2 is 2.21 bits per heavy atom. The van der Waals surface area contributed by atoms with Crippen LogP contribution in [0.4, 0.5) is 13.2 Å². The van der Waals surface area contributed by atoms with Crippen molar-refractivity contribution in [2.45, 2.75) is 38.1 Å². The Morgan fingerprint density at radius 3 is 2.83 bits per heavy atom. The fourth-order valence-corrected chi connectivity index (χ4v) is 3.50. The van der Waals surface area contributed by atoms with Crippen LogP contribution in [-0.4, -0.2) is 18.1 Å². The molecule has 0 saturated carbocycles. The average molecular weight is 362 g/mol. The molecular formula is C16H15ClF3NO3. The molecular weight excluding hydrogens is 347 g/mol. The van der Waals surface area contributed by atoms with Crippen molar-refractivity contribution in [3.05, 3.63) is 34.0 Å². The first-order chi connectivity index (χ1) is 11.3. The van der Waals surface area contributed by atoms with Gasteiger partial charge < -0.3 is 14.5 Å². The first-order valence-corrected chi connectivity index (χ1v) is 7.88. The molecule has 0 spiro atoms. The summed E-state index contributed by atoms with van der Waals surface area (Å²) in [7, 11) is 0. The smallest absolute Gasteiger partial charge is 0.417 e. The Morgan fingerprint density at radius 1 is 1.46 bits per heavy atom. The number of benzene rings is 1. The Bertz CT molecular complexity index is 787. The Hall–Kier alpha value is -1.73. The van der Waals surface area contributed by atoms with E-state index in [1.54, 1.807) is 0 Å². The number of fused-ring (bicyclic) bond motifs is 3. The van der Waals surface area contributed by atoms with Crippen molar-refractivity contribution in [2.75, 3.05) is 6.61 Å². The van der Waals surface area contributed by atoms with Gasteiger partial charge >= 0.3 is 6.18 Å². The van der Waals surface area contributed by atoms with Gasteiger partial charge in [-0.2, -0.15) is 13.2 Å². The summed E-state index contributed by atoms with van der Waals surface area (Å²) in [5.41, 5.74) is 0.174. The molecule has 8 heteroatoms. The third-order valence-electron chi connectivity index (χ3n) is 4.20. The summed E-state index contributed by atoms with van der Waals surface area (Å²) in [6.07, 6.45) is -3.31. The molecule has 1 atom stereocenters. The Labute approximate surface area is 140 Å². The lowest BCUT2D eigenvalue weighted by Crippen LogP contribution is -2.38. The number of aromatic nitrogens is 1. The Balaban J connectivity index is 2.34. The fraction of sp³-hybridized carbons (Fsp3) is 0.438. The second-order valence-corrected chi connectivity index (χ2v) is 6.04. The van der Waals surface area contributed by atoms with E-state index in [-0.39, 0.29) is 35.4 Å². The fourth-order valence-electron chi connectivity index (χ4n) is 3.30. The molecule has 2 heterocycles. The van der Waals surface area contributed by atoms with Crippen LogP contribution in [0.5, 0.6) is 0 Å². The largest absolute Gasteiger partial charge is 0.429 e. The number of halogens is 4. The molecule has 1 aromatic heterocycles. The average Bonchev–Trinajstić information content (AvgIpc) is 2.89. The highest BCUT2D eigenvalue weighted by Crippen LogP contribution is 2.45. The van der Waals surface area contributed by atoms with E-state index in [1.807, 2.05) is 6.92 Å². The maximum Gasteiger partial charge on any atom is 0.417 e. The summed E-state index contributed by atoms with van der Waals surface area (Å²) >= 11 is 6.10. The molecule has 0 aliphatic carbocycles. The van der Waals surface area contributed by atoms with Crippen LogP contribution >= 0.6 is 11.6 Å². The lowest BCUT2D eigenvalue weighted by atomic mass is 9.95. The molecule has 0 bridgehead atoms. The number of hydrogen-bond acceptors (Lipinski definition) is 3. The zero-order valence-electron chi connectivity index (χ0n) is 12.8. The summed E-state index contributed by atoms with van der Waals surface area (Å²) in [4.78, 5) is 13.9. The van der Waals surface area contributed by atoms with Crippen molar-refractivity contribution in [3.63, 3.8) is 0 Å². The zero-order chi connectivity index (χ0) is 17.5. The molecule has 130 valence electrons. The van der Waals surface area contributed by atoms with Crippen LogP contribution in [-0.2, 0) is 32.7 Å². The zero-order valence-corrected chi connectivity index (χ0v) is 13.6. The summed E-state index contributed by atoms with van der Waals surface area (Å²) < 4.78 is 51.1. The van der Waals surface area contributed by atoms with E-state index in [4.69, 9.17) is 21.1 Å². The molecule has 0 saturated heterocycles. The minimum Gasteiger partial charge on any atom is -0.429 e. The van der Waals surface area contributed by atoms with E-state index < -0.39 is 17.5 Å². The summed E-state index contributed by atoms with van der Waals surface area (Å²) in [6.45, 7) is 2.27. The van der Waals surface area contributed by atoms with Crippen LogP contribution in [0.15, 0.2) is 12.1 Å². The highest BCUT2D eigenvalue weighted by atomic mass is 35.5. The van der Waals surface area contributed by atoms with Crippen LogP contribution < -0.4 is 0 Å². The third-order valence-corrected chi connectivity index (χ3v) is 4.51. The predicted octanol–water partition coefficient (Wildman–Crippen LogP) is 4.54. The quantitative estimate of drug-likeness (QED) is 0.813. The minimum atomic E-state index is -4.52. The lowest BCUT2D eigenvalue weighted by molar-refractivity contribution is -0.239. The maximum absolute atomic E-state index is 13.4. The van der Waals surface area contributed by atoms with Crippen molar-refractivity contribution in [2.24, 2.45) is 0 Å². The molecule has 1 unspecified atom stereocenters. The molecule has 1 aromatic carbocycles. The molecule has 0 amide bonds. The van der Waals surface area contributed by atoms with Crippen molar-refractivity contribution in [1.29, 1.82) is 0 Å². The van der Waals surface area contributed by atoms with Gasteiger partial charge in [0.05, 0.1) is 28.4 Å². The molecule has 24 heavy (non-hydrogen) atoms. The minimum absolute atomic E-state index is 0.0169. The van der Waals surface area contributed by atoms with E-state index in [2.05, 4.69) is 4.98 Å². The number of ether oxygens (including phenoxy) is 2. The number of H-pyrrole nitrogens is 1. The number of alkyl halides is 3. The number of carbonyl (C=O) groups excluding carboxylic acids is 1. The van der Waals surface area contributed by atoms with Crippen LogP contribution in [0.25, 0.3) is 10.9 Å². The molecule has 1 aliphatic heterocycles. The standard InChI is InChI=1S/C16H15ClF3NO3/c1-2-6-15(24-8-22)14-9(5-7-23-15)12-10(16(18,19)20)3-4-11(17)13(12)21-14/h3-4,8,21H,2,5-7H2,1H3. The lowest BCUT2D eigenvalue weighted by Gasteiger charge is -2.35. The van der Waals surface area contributed by atoms with Gasteiger partial charge in [0, 0.05) is 11.8 Å². The SMILES string of the molecule is CCCC1(OC=O)OCCc2c1[nH]c1c(Cl)ccc(C(F)(F)F)c21. The van der Waals surface area contributed by atoms with Gasteiger partial charge in [0.25, 0.3) is 12.3 Å². The molecule has 1 N–H and O–H groups in total. The number of nitrogens with one attached hydrogen (secondary N) is 1. The van der Waals surface area contributed by atoms with E-state index in [1.165, 1.54) is 6.07 Å².